The third-order valence-corrected chi connectivity index (χ3v) is 3.89. The number of hydrogen-bond donors (Lipinski definition) is 2. The van der Waals surface area contributed by atoms with E-state index in [-0.39, 0.29) is 17.9 Å². The van der Waals surface area contributed by atoms with Gasteiger partial charge in [0.1, 0.15) is 6.04 Å². The molecule has 0 aromatic heterocycles. The van der Waals surface area contributed by atoms with Crippen molar-refractivity contribution in [1.82, 2.24) is 15.5 Å². The highest BCUT2D eigenvalue weighted by atomic mass is 16.5. The van der Waals surface area contributed by atoms with Crippen molar-refractivity contribution in [2.24, 2.45) is 0 Å². The Kier molecular flexibility index (Phi) is 5.15. The summed E-state index contributed by atoms with van der Waals surface area (Å²) in [6.07, 6.45) is 3.82. The van der Waals surface area contributed by atoms with Crippen molar-refractivity contribution < 1.29 is 14.3 Å². The van der Waals surface area contributed by atoms with Crippen LogP contribution in [0.5, 0.6) is 0 Å². The van der Waals surface area contributed by atoms with E-state index in [0.717, 1.165) is 32.4 Å². The van der Waals surface area contributed by atoms with Crippen LogP contribution in [0.4, 0.5) is 0 Å². The van der Waals surface area contributed by atoms with E-state index < -0.39 is 0 Å². The number of esters is 1. The summed E-state index contributed by atoms with van der Waals surface area (Å²) in [4.78, 5) is 25.4. The molecule has 6 nitrogen and oxygen atoms in total. The molecule has 0 spiro atoms. The van der Waals surface area contributed by atoms with Crippen molar-refractivity contribution in [1.29, 1.82) is 0 Å². The van der Waals surface area contributed by atoms with Gasteiger partial charge in [0, 0.05) is 19.1 Å². The Labute approximate surface area is 113 Å². The fourth-order valence-corrected chi connectivity index (χ4v) is 2.81. The molecule has 0 radical (unpaired) electrons. The number of nitrogens with one attached hydrogen (secondary N) is 2. The van der Waals surface area contributed by atoms with Gasteiger partial charge in [-0.2, -0.15) is 0 Å². The van der Waals surface area contributed by atoms with Crippen molar-refractivity contribution in [2.45, 2.75) is 37.8 Å². The summed E-state index contributed by atoms with van der Waals surface area (Å²) in [6.45, 7) is 2.93. The summed E-state index contributed by atoms with van der Waals surface area (Å²) < 4.78 is 4.75. The molecular formula is C13H23N3O3. The molecule has 0 aromatic rings. The lowest BCUT2D eigenvalue weighted by atomic mass is 10.1. The Morgan fingerprint density at radius 1 is 1.37 bits per heavy atom. The van der Waals surface area contributed by atoms with Crippen molar-refractivity contribution in [3.63, 3.8) is 0 Å². The largest absolute Gasteiger partial charge is 0.467 e. The summed E-state index contributed by atoms with van der Waals surface area (Å²) in [7, 11) is 1.37. The highest BCUT2D eigenvalue weighted by molar-refractivity contribution is 5.86. The number of piperidine rings is 1. The van der Waals surface area contributed by atoms with E-state index in [0.29, 0.717) is 25.6 Å². The monoisotopic (exact) mass is 269 g/mol. The molecule has 19 heavy (non-hydrogen) atoms. The average molecular weight is 269 g/mol. The minimum atomic E-state index is -0.385. The number of rotatable bonds is 4. The van der Waals surface area contributed by atoms with E-state index in [1.807, 2.05) is 0 Å². The van der Waals surface area contributed by atoms with Crippen molar-refractivity contribution in [3.05, 3.63) is 0 Å². The van der Waals surface area contributed by atoms with E-state index >= 15 is 0 Å². The van der Waals surface area contributed by atoms with E-state index in [1.165, 1.54) is 7.11 Å². The lowest BCUT2D eigenvalue weighted by molar-refractivity contribution is -0.150. The van der Waals surface area contributed by atoms with Gasteiger partial charge in [-0.1, -0.05) is 0 Å². The Morgan fingerprint density at radius 3 is 2.89 bits per heavy atom. The van der Waals surface area contributed by atoms with Gasteiger partial charge in [0.05, 0.1) is 13.7 Å². The van der Waals surface area contributed by atoms with Crippen LogP contribution in [-0.2, 0) is 14.3 Å². The molecule has 0 aromatic carbocycles. The van der Waals surface area contributed by atoms with Crippen LogP contribution in [0.2, 0.25) is 0 Å². The number of methoxy groups -OCH3 is 1. The lowest BCUT2D eigenvalue weighted by Gasteiger charge is -2.26. The maximum Gasteiger partial charge on any atom is 0.328 e. The number of carbonyl (C=O) groups is 2. The summed E-state index contributed by atoms with van der Waals surface area (Å²) in [5, 5.41) is 6.57. The van der Waals surface area contributed by atoms with Crippen LogP contribution in [0, 0.1) is 0 Å². The second-order valence-electron chi connectivity index (χ2n) is 5.19. The SMILES string of the molecule is COC(=O)C1CCCN1C(=O)CNC1CCCNC1. The van der Waals surface area contributed by atoms with E-state index in [1.54, 1.807) is 4.90 Å². The zero-order chi connectivity index (χ0) is 13.7. The summed E-state index contributed by atoms with van der Waals surface area (Å²) in [6, 6.07) is -0.0272. The number of amides is 1. The average Bonchev–Trinajstić information content (AvgIpc) is 2.94. The van der Waals surface area contributed by atoms with Gasteiger partial charge in [0.25, 0.3) is 0 Å². The van der Waals surface area contributed by atoms with Gasteiger partial charge in [-0.3, -0.25) is 4.79 Å². The molecule has 0 saturated carbocycles. The van der Waals surface area contributed by atoms with Crippen molar-refractivity contribution in [2.75, 3.05) is 33.3 Å². The van der Waals surface area contributed by atoms with Gasteiger partial charge in [0.2, 0.25) is 5.91 Å². The van der Waals surface area contributed by atoms with Gasteiger partial charge < -0.3 is 20.3 Å². The van der Waals surface area contributed by atoms with E-state index in [2.05, 4.69) is 10.6 Å². The third-order valence-electron chi connectivity index (χ3n) is 3.89. The standard InChI is InChI=1S/C13H23N3O3/c1-19-13(18)11-5-3-7-16(11)12(17)9-15-10-4-2-6-14-8-10/h10-11,14-15H,2-9H2,1H3. The summed E-state index contributed by atoms with van der Waals surface area (Å²) in [5.74, 6) is -0.302. The molecule has 2 heterocycles. The quantitative estimate of drug-likeness (QED) is 0.673. The molecule has 2 aliphatic heterocycles. The molecular weight excluding hydrogens is 246 g/mol. The highest BCUT2D eigenvalue weighted by Gasteiger charge is 2.34. The van der Waals surface area contributed by atoms with Crippen LogP contribution < -0.4 is 10.6 Å². The van der Waals surface area contributed by atoms with Gasteiger partial charge in [0.15, 0.2) is 0 Å². The smallest absolute Gasteiger partial charge is 0.328 e. The molecule has 2 N–H and O–H groups in total. The highest BCUT2D eigenvalue weighted by Crippen LogP contribution is 2.18. The first kappa shape index (κ1) is 14.3. The van der Waals surface area contributed by atoms with Gasteiger partial charge in [-0.05, 0) is 32.2 Å². The number of carbonyl (C=O) groups excluding carboxylic acids is 2. The Bertz CT molecular complexity index is 329. The fraction of sp³-hybridized carbons (Fsp3) is 0.846. The Balaban J connectivity index is 1.79. The van der Waals surface area contributed by atoms with Crippen LogP contribution in [0.3, 0.4) is 0 Å². The molecule has 2 atom stereocenters. The maximum atomic E-state index is 12.2. The fourth-order valence-electron chi connectivity index (χ4n) is 2.81. The van der Waals surface area contributed by atoms with E-state index in [4.69, 9.17) is 4.74 Å². The molecule has 2 rings (SSSR count). The second kappa shape index (κ2) is 6.86. The third kappa shape index (κ3) is 3.67. The Hall–Kier alpha value is -1.14. The molecule has 1 amide bonds. The van der Waals surface area contributed by atoms with Crippen LogP contribution in [-0.4, -0.2) is 62.1 Å². The zero-order valence-electron chi connectivity index (χ0n) is 11.5. The van der Waals surface area contributed by atoms with Gasteiger partial charge in [-0.15, -0.1) is 0 Å². The lowest BCUT2D eigenvalue weighted by Crippen LogP contribution is -2.49. The first-order valence-corrected chi connectivity index (χ1v) is 7.03. The van der Waals surface area contributed by atoms with Gasteiger partial charge >= 0.3 is 5.97 Å². The predicted molar refractivity (Wildman–Crippen MR) is 70.6 cm³/mol. The summed E-state index contributed by atoms with van der Waals surface area (Å²) in [5.41, 5.74) is 0. The van der Waals surface area contributed by atoms with Crippen molar-refractivity contribution in [3.8, 4) is 0 Å². The van der Waals surface area contributed by atoms with Gasteiger partial charge in [-0.25, -0.2) is 4.79 Å². The number of likely N-dealkylation sites (tertiary alicyclic amines) is 1. The van der Waals surface area contributed by atoms with E-state index in [9.17, 15) is 9.59 Å². The molecule has 6 heteroatoms. The van der Waals surface area contributed by atoms with Crippen LogP contribution in [0.25, 0.3) is 0 Å². The zero-order valence-corrected chi connectivity index (χ0v) is 11.5. The minimum absolute atomic E-state index is 0.00141. The predicted octanol–water partition coefficient (Wildman–Crippen LogP) is -0.508. The molecule has 2 aliphatic rings. The normalized spacial score (nSPS) is 27.3. The molecule has 0 aliphatic carbocycles. The topological polar surface area (TPSA) is 70.7 Å². The molecule has 2 fully saturated rings. The minimum Gasteiger partial charge on any atom is -0.467 e. The first-order valence-electron chi connectivity index (χ1n) is 7.03. The molecule has 2 saturated heterocycles. The number of hydrogen-bond acceptors (Lipinski definition) is 5. The van der Waals surface area contributed by atoms with Crippen LogP contribution in [0.1, 0.15) is 25.7 Å². The number of nitrogens with zero attached hydrogens (tertiary/aromatic N) is 1. The molecule has 0 bridgehead atoms. The Morgan fingerprint density at radius 2 is 2.21 bits per heavy atom. The summed E-state index contributed by atoms with van der Waals surface area (Å²) >= 11 is 0. The number of ether oxygens (including phenoxy) is 1. The maximum absolute atomic E-state index is 12.2. The first-order chi connectivity index (χ1) is 9.22. The molecule has 2 unspecified atom stereocenters. The second-order valence-corrected chi connectivity index (χ2v) is 5.19. The van der Waals surface area contributed by atoms with Crippen molar-refractivity contribution >= 4 is 11.9 Å². The molecule has 108 valence electrons. The van der Waals surface area contributed by atoms with Crippen LogP contribution >= 0.6 is 0 Å². The van der Waals surface area contributed by atoms with Crippen LogP contribution in [0.15, 0.2) is 0 Å².